The third-order valence-corrected chi connectivity index (χ3v) is 4.81. The standard InChI is InChI=1S/C19H26N2O4/c1-13-5-7-16(10-14(13)2)19(25)20-11-17(22)21-9-3-4-15(12-21)6-8-18(23)24/h5,7,10,15H,3-4,6,8-9,11-12H2,1-2H3,(H,20,25)(H,23,24). The first-order valence-electron chi connectivity index (χ1n) is 8.72. The Morgan fingerprint density at radius 1 is 1.24 bits per heavy atom. The van der Waals surface area contributed by atoms with Crippen molar-refractivity contribution in [2.75, 3.05) is 19.6 Å². The Balaban J connectivity index is 1.83. The zero-order valence-corrected chi connectivity index (χ0v) is 14.9. The molecule has 25 heavy (non-hydrogen) atoms. The van der Waals surface area contributed by atoms with Gasteiger partial charge in [-0.3, -0.25) is 14.4 Å². The summed E-state index contributed by atoms with van der Waals surface area (Å²) in [5.41, 5.74) is 2.71. The van der Waals surface area contributed by atoms with Gasteiger partial charge >= 0.3 is 5.97 Å². The number of hydrogen-bond donors (Lipinski definition) is 2. The van der Waals surface area contributed by atoms with Gasteiger partial charge in [-0.25, -0.2) is 0 Å². The molecule has 0 aliphatic carbocycles. The van der Waals surface area contributed by atoms with Gasteiger partial charge in [-0.1, -0.05) is 6.07 Å². The van der Waals surface area contributed by atoms with Gasteiger partial charge in [0.2, 0.25) is 5.91 Å². The number of piperidine rings is 1. The SMILES string of the molecule is Cc1ccc(C(=O)NCC(=O)N2CCCC(CCC(=O)O)C2)cc1C. The van der Waals surface area contributed by atoms with Crippen molar-refractivity contribution < 1.29 is 19.5 Å². The van der Waals surface area contributed by atoms with Gasteiger partial charge in [0.05, 0.1) is 6.54 Å². The van der Waals surface area contributed by atoms with Gasteiger partial charge in [-0.2, -0.15) is 0 Å². The van der Waals surface area contributed by atoms with Crippen molar-refractivity contribution in [3.05, 3.63) is 34.9 Å². The minimum atomic E-state index is -0.802. The van der Waals surface area contributed by atoms with E-state index in [1.807, 2.05) is 26.0 Å². The van der Waals surface area contributed by atoms with Crippen LogP contribution in [0.5, 0.6) is 0 Å². The molecule has 0 bridgehead atoms. The second kappa shape index (κ2) is 8.65. The number of aliphatic carboxylic acids is 1. The molecule has 1 aromatic rings. The van der Waals surface area contributed by atoms with Gasteiger partial charge in [0.15, 0.2) is 0 Å². The fraction of sp³-hybridized carbons (Fsp3) is 0.526. The van der Waals surface area contributed by atoms with Crippen molar-refractivity contribution in [2.45, 2.75) is 39.5 Å². The average molecular weight is 346 g/mol. The van der Waals surface area contributed by atoms with Crippen molar-refractivity contribution in [3.63, 3.8) is 0 Å². The van der Waals surface area contributed by atoms with Crippen LogP contribution in [0.2, 0.25) is 0 Å². The van der Waals surface area contributed by atoms with Crippen LogP contribution in [-0.4, -0.2) is 47.4 Å². The van der Waals surface area contributed by atoms with E-state index >= 15 is 0 Å². The highest BCUT2D eigenvalue weighted by atomic mass is 16.4. The van der Waals surface area contributed by atoms with Crippen LogP contribution in [0.3, 0.4) is 0 Å². The van der Waals surface area contributed by atoms with Gasteiger partial charge in [0.1, 0.15) is 0 Å². The van der Waals surface area contributed by atoms with Crippen LogP contribution in [-0.2, 0) is 9.59 Å². The van der Waals surface area contributed by atoms with Crippen LogP contribution in [0.1, 0.15) is 47.2 Å². The lowest BCUT2D eigenvalue weighted by Crippen LogP contribution is -2.45. The predicted molar refractivity (Wildman–Crippen MR) is 94.4 cm³/mol. The summed E-state index contributed by atoms with van der Waals surface area (Å²) >= 11 is 0. The summed E-state index contributed by atoms with van der Waals surface area (Å²) in [6.07, 6.45) is 2.55. The summed E-state index contributed by atoms with van der Waals surface area (Å²) in [5.74, 6) is -0.943. The summed E-state index contributed by atoms with van der Waals surface area (Å²) in [5, 5.41) is 11.5. The first-order chi connectivity index (χ1) is 11.9. The molecule has 1 unspecified atom stereocenters. The Kier molecular flexibility index (Phi) is 6.56. The lowest BCUT2D eigenvalue weighted by molar-refractivity contribution is -0.137. The molecule has 136 valence electrons. The molecule has 1 fully saturated rings. The number of carboxylic acids is 1. The van der Waals surface area contributed by atoms with E-state index < -0.39 is 5.97 Å². The van der Waals surface area contributed by atoms with E-state index in [-0.39, 0.29) is 30.7 Å². The summed E-state index contributed by atoms with van der Waals surface area (Å²) in [4.78, 5) is 36.9. The number of carbonyl (C=O) groups is 3. The lowest BCUT2D eigenvalue weighted by atomic mass is 9.93. The molecule has 1 aliphatic rings. The number of likely N-dealkylation sites (tertiary alicyclic amines) is 1. The van der Waals surface area contributed by atoms with Crippen LogP contribution in [0, 0.1) is 19.8 Å². The molecule has 0 spiro atoms. The quantitative estimate of drug-likeness (QED) is 0.826. The van der Waals surface area contributed by atoms with E-state index in [2.05, 4.69) is 5.32 Å². The lowest BCUT2D eigenvalue weighted by Gasteiger charge is -2.32. The third-order valence-electron chi connectivity index (χ3n) is 4.81. The molecule has 1 aromatic carbocycles. The Hall–Kier alpha value is -2.37. The number of hydrogen-bond acceptors (Lipinski definition) is 3. The summed E-state index contributed by atoms with van der Waals surface area (Å²) in [6.45, 7) is 5.14. The number of carboxylic acid groups (broad SMARTS) is 1. The second-order valence-electron chi connectivity index (χ2n) is 6.76. The number of benzene rings is 1. The van der Waals surface area contributed by atoms with Gasteiger partial charge in [-0.15, -0.1) is 0 Å². The molecule has 2 amide bonds. The molecule has 1 atom stereocenters. The molecule has 0 aromatic heterocycles. The highest BCUT2D eigenvalue weighted by Gasteiger charge is 2.24. The summed E-state index contributed by atoms with van der Waals surface area (Å²) in [6, 6.07) is 5.46. The van der Waals surface area contributed by atoms with Crippen LogP contribution < -0.4 is 5.32 Å². The Morgan fingerprint density at radius 2 is 2.00 bits per heavy atom. The van der Waals surface area contributed by atoms with Crippen LogP contribution >= 0.6 is 0 Å². The molecule has 1 saturated heterocycles. The molecule has 1 heterocycles. The summed E-state index contributed by atoms with van der Waals surface area (Å²) < 4.78 is 0. The van der Waals surface area contributed by atoms with E-state index in [1.165, 1.54) is 0 Å². The number of rotatable bonds is 6. The molecule has 2 N–H and O–H groups in total. The second-order valence-corrected chi connectivity index (χ2v) is 6.76. The topological polar surface area (TPSA) is 86.7 Å². The molecule has 0 saturated carbocycles. The van der Waals surface area contributed by atoms with Gasteiger partial charge in [0.25, 0.3) is 5.91 Å². The Morgan fingerprint density at radius 3 is 2.68 bits per heavy atom. The number of aryl methyl sites for hydroxylation is 2. The maximum Gasteiger partial charge on any atom is 0.303 e. The molecule has 6 nitrogen and oxygen atoms in total. The zero-order valence-electron chi connectivity index (χ0n) is 14.9. The Bertz CT molecular complexity index is 657. The molecule has 0 radical (unpaired) electrons. The third kappa shape index (κ3) is 5.59. The van der Waals surface area contributed by atoms with Crippen LogP contribution in [0.25, 0.3) is 0 Å². The molecule has 6 heteroatoms. The van der Waals surface area contributed by atoms with Crippen molar-refractivity contribution in [3.8, 4) is 0 Å². The fourth-order valence-corrected chi connectivity index (χ4v) is 3.11. The minimum absolute atomic E-state index is 0.0303. The van der Waals surface area contributed by atoms with E-state index in [1.54, 1.807) is 11.0 Å². The van der Waals surface area contributed by atoms with E-state index in [0.717, 1.165) is 24.0 Å². The molecular formula is C19H26N2O4. The molecular weight excluding hydrogens is 320 g/mol. The van der Waals surface area contributed by atoms with Gasteiger partial charge < -0.3 is 15.3 Å². The van der Waals surface area contributed by atoms with E-state index in [4.69, 9.17) is 5.11 Å². The average Bonchev–Trinajstić information content (AvgIpc) is 2.60. The molecule has 1 aliphatic heterocycles. The van der Waals surface area contributed by atoms with Crippen LogP contribution in [0.4, 0.5) is 0 Å². The van der Waals surface area contributed by atoms with Crippen molar-refractivity contribution in [1.82, 2.24) is 10.2 Å². The van der Waals surface area contributed by atoms with Crippen LogP contribution in [0.15, 0.2) is 18.2 Å². The van der Waals surface area contributed by atoms with E-state index in [9.17, 15) is 14.4 Å². The highest BCUT2D eigenvalue weighted by Crippen LogP contribution is 2.21. The summed E-state index contributed by atoms with van der Waals surface area (Å²) in [7, 11) is 0. The number of nitrogens with one attached hydrogen (secondary N) is 1. The number of amides is 2. The monoisotopic (exact) mass is 346 g/mol. The van der Waals surface area contributed by atoms with E-state index in [0.29, 0.717) is 25.1 Å². The predicted octanol–water partition coefficient (Wildman–Crippen LogP) is 2.14. The number of nitrogens with zero attached hydrogens (tertiary/aromatic N) is 1. The highest BCUT2D eigenvalue weighted by molar-refractivity contribution is 5.96. The fourth-order valence-electron chi connectivity index (χ4n) is 3.11. The van der Waals surface area contributed by atoms with Gasteiger partial charge in [-0.05, 0) is 62.3 Å². The number of carbonyl (C=O) groups excluding carboxylic acids is 2. The normalized spacial score (nSPS) is 17.2. The van der Waals surface area contributed by atoms with Crippen molar-refractivity contribution in [1.29, 1.82) is 0 Å². The van der Waals surface area contributed by atoms with Gasteiger partial charge in [0, 0.05) is 25.1 Å². The molecule has 2 rings (SSSR count). The Labute approximate surface area is 148 Å². The largest absolute Gasteiger partial charge is 0.481 e. The van der Waals surface area contributed by atoms with Crippen molar-refractivity contribution >= 4 is 17.8 Å². The maximum absolute atomic E-state index is 12.3. The first-order valence-corrected chi connectivity index (χ1v) is 8.72. The zero-order chi connectivity index (χ0) is 18.4. The minimum Gasteiger partial charge on any atom is -0.481 e. The maximum atomic E-state index is 12.3. The van der Waals surface area contributed by atoms with Crippen molar-refractivity contribution in [2.24, 2.45) is 5.92 Å². The smallest absolute Gasteiger partial charge is 0.303 e. The first kappa shape index (κ1) is 19.0.